The Bertz CT molecular complexity index is 1110. The van der Waals surface area contributed by atoms with Crippen molar-refractivity contribution in [3.8, 4) is 5.75 Å². The molecule has 0 amide bonds. The Morgan fingerprint density at radius 3 is 2.40 bits per heavy atom. The molecule has 0 saturated carbocycles. The molecule has 0 bridgehead atoms. The number of rotatable bonds is 7. The summed E-state index contributed by atoms with van der Waals surface area (Å²) in [6.07, 6.45) is 0.840. The first-order valence-corrected chi connectivity index (χ1v) is 11.4. The Morgan fingerprint density at radius 2 is 1.77 bits per heavy atom. The molecule has 0 spiro atoms. The van der Waals surface area contributed by atoms with E-state index in [0.29, 0.717) is 34.1 Å². The van der Waals surface area contributed by atoms with Gasteiger partial charge in [0.2, 0.25) is 4.90 Å². The average Bonchev–Trinajstić information content (AvgIpc) is 2.97. The molecule has 6 nitrogen and oxygen atoms in total. The third-order valence-electron chi connectivity index (χ3n) is 5.55. The molecule has 0 fully saturated rings. The zero-order valence-corrected chi connectivity index (χ0v) is 19.3. The number of anilines is 1. The van der Waals surface area contributed by atoms with E-state index in [-0.39, 0.29) is 0 Å². The molecule has 0 radical (unpaired) electrons. The molecule has 2 N–H and O–H groups in total. The van der Waals surface area contributed by atoms with Crippen LogP contribution < -0.4 is 9.46 Å². The Morgan fingerprint density at radius 1 is 1.10 bits per heavy atom. The van der Waals surface area contributed by atoms with Gasteiger partial charge < -0.3 is 4.74 Å². The maximum atomic E-state index is 13.4. The van der Waals surface area contributed by atoms with Crippen LogP contribution in [-0.2, 0) is 27.6 Å². The normalized spacial score (nSPS) is 13.2. The van der Waals surface area contributed by atoms with Gasteiger partial charge in [-0.15, -0.1) is 0 Å². The third-order valence-corrected chi connectivity index (χ3v) is 7.21. The van der Waals surface area contributed by atoms with Gasteiger partial charge in [0.25, 0.3) is 0 Å². The number of aromatic nitrogens is 2. The predicted molar refractivity (Wildman–Crippen MR) is 122 cm³/mol. The monoisotopic (exact) mass is 428 g/mol. The number of hydrogen-bond donors (Lipinski definition) is 2. The predicted octanol–water partition coefficient (Wildman–Crippen LogP) is 5.04. The van der Waals surface area contributed by atoms with E-state index in [1.807, 2.05) is 57.5 Å². The van der Waals surface area contributed by atoms with Gasteiger partial charge in [0.05, 0.1) is 18.5 Å². The highest BCUT2D eigenvalue weighted by molar-refractivity contribution is 7.99. The molecule has 0 saturated heterocycles. The molecular weight excluding hydrogens is 398 g/mol. The Labute approximate surface area is 179 Å². The summed E-state index contributed by atoms with van der Waals surface area (Å²) in [4.78, 5) is 0.400. The van der Waals surface area contributed by atoms with Crippen molar-refractivity contribution in [2.24, 2.45) is 0 Å². The summed E-state index contributed by atoms with van der Waals surface area (Å²) in [5.41, 5.74) is 5.68. The number of methoxy groups -OCH3 is 1. The van der Waals surface area contributed by atoms with E-state index in [1.165, 1.54) is 5.56 Å². The SMILES string of the molecule is COc1cc(C)c([S+](=O)(O)Nc2c(C)nn(CCc3ccccc3)c2C)c(C)c1C. The van der Waals surface area contributed by atoms with Crippen LogP contribution in [0.1, 0.15) is 33.6 Å². The zero-order chi connectivity index (χ0) is 22.1. The van der Waals surface area contributed by atoms with Gasteiger partial charge in [-0.2, -0.15) is 14.4 Å². The average molecular weight is 429 g/mol. The van der Waals surface area contributed by atoms with E-state index in [4.69, 9.17) is 4.74 Å². The summed E-state index contributed by atoms with van der Waals surface area (Å²) in [6.45, 7) is 10.0. The number of benzene rings is 2. The van der Waals surface area contributed by atoms with Gasteiger partial charge in [-0.25, -0.2) is 0 Å². The summed E-state index contributed by atoms with van der Waals surface area (Å²) in [5, 5.41) is 4.59. The molecular formula is C23H30N3O3S+. The lowest BCUT2D eigenvalue weighted by Gasteiger charge is -2.15. The Balaban J connectivity index is 1.90. The van der Waals surface area contributed by atoms with Crippen LogP contribution in [0, 0.1) is 34.6 Å². The molecule has 2 aromatic carbocycles. The van der Waals surface area contributed by atoms with Gasteiger partial charge in [-0.1, -0.05) is 30.3 Å². The second-order valence-electron chi connectivity index (χ2n) is 7.61. The number of nitrogens with zero attached hydrogens (tertiary/aromatic N) is 2. The van der Waals surface area contributed by atoms with Crippen LogP contribution in [0.15, 0.2) is 41.3 Å². The van der Waals surface area contributed by atoms with Crippen LogP contribution in [0.3, 0.4) is 0 Å². The second kappa shape index (κ2) is 8.62. The maximum Gasteiger partial charge on any atom is 0.346 e. The van der Waals surface area contributed by atoms with Gasteiger partial charge in [-0.3, -0.25) is 4.68 Å². The lowest BCUT2D eigenvalue weighted by Crippen LogP contribution is -2.24. The van der Waals surface area contributed by atoms with Crippen LogP contribution in [0.25, 0.3) is 0 Å². The minimum absolute atomic E-state index is 0.400. The molecule has 1 aromatic heterocycles. The first-order valence-electron chi connectivity index (χ1n) is 9.92. The van der Waals surface area contributed by atoms with Crippen molar-refractivity contribution in [2.45, 2.75) is 52.5 Å². The van der Waals surface area contributed by atoms with Crippen LogP contribution in [0.5, 0.6) is 5.75 Å². The minimum Gasteiger partial charge on any atom is -0.496 e. The van der Waals surface area contributed by atoms with Crippen molar-refractivity contribution in [1.82, 2.24) is 9.78 Å². The van der Waals surface area contributed by atoms with E-state index >= 15 is 0 Å². The summed E-state index contributed by atoms with van der Waals surface area (Å²) < 4.78 is 34.6. The number of aryl methyl sites for hydroxylation is 4. The summed E-state index contributed by atoms with van der Waals surface area (Å²) in [7, 11) is -1.93. The molecule has 3 aromatic rings. The van der Waals surface area contributed by atoms with Crippen molar-refractivity contribution in [1.29, 1.82) is 0 Å². The Hall–Kier alpha value is -2.64. The van der Waals surface area contributed by atoms with Gasteiger partial charge in [-0.05, 0) is 62.4 Å². The molecule has 0 aliphatic heterocycles. The van der Waals surface area contributed by atoms with Gasteiger partial charge >= 0.3 is 10.4 Å². The van der Waals surface area contributed by atoms with E-state index in [2.05, 4.69) is 22.0 Å². The molecule has 0 aliphatic rings. The first-order chi connectivity index (χ1) is 14.2. The lowest BCUT2D eigenvalue weighted by atomic mass is 10.1. The standard InChI is InChI=1S/C23H29N3O3S/c1-15-14-21(29-6)16(2)17(3)23(15)30(27,28)25-22-18(4)24-26(19(22)5)13-12-20-10-8-7-9-11-20/h7-11,14H,12-13H2,1-6H3,(H-,25,27,28)/p+1. The fourth-order valence-corrected chi connectivity index (χ4v) is 5.53. The van der Waals surface area contributed by atoms with E-state index in [1.54, 1.807) is 13.2 Å². The van der Waals surface area contributed by atoms with Gasteiger partial charge in [0, 0.05) is 17.7 Å². The fraction of sp³-hybridized carbons (Fsp3) is 0.348. The largest absolute Gasteiger partial charge is 0.496 e. The van der Waals surface area contributed by atoms with Crippen LogP contribution in [0.2, 0.25) is 0 Å². The van der Waals surface area contributed by atoms with E-state index < -0.39 is 10.4 Å². The Kier molecular flexibility index (Phi) is 6.33. The summed E-state index contributed by atoms with van der Waals surface area (Å²) in [6, 6.07) is 12.0. The number of ether oxygens (including phenoxy) is 1. The second-order valence-corrected chi connectivity index (χ2v) is 9.27. The molecule has 160 valence electrons. The molecule has 7 heteroatoms. The molecule has 1 atom stereocenters. The first kappa shape index (κ1) is 22.1. The quantitative estimate of drug-likeness (QED) is 0.517. The maximum absolute atomic E-state index is 13.4. The highest BCUT2D eigenvalue weighted by atomic mass is 32.3. The zero-order valence-electron chi connectivity index (χ0n) is 18.4. The van der Waals surface area contributed by atoms with Crippen molar-refractivity contribution >= 4 is 16.1 Å². The van der Waals surface area contributed by atoms with Crippen LogP contribution in [0.4, 0.5) is 5.69 Å². The minimum atomic E-state index is -3.53. The smallest absolute Gasteiger partial charge is 0.346 e. The van der Waals surface area contributed by atoms with Gasteiger partial charge in [0.1, 0.15) is 11.4 Å². The highest BCUT2D eigenvalue weighted by Crippen LogP contribution is 2.35. The van der Waals surface area contributed by atoms with Crippen LogP contribution >= 0.6 is 0 Å². The number of nitrogens with one attached hydrogen (secondary N) is 1. The highest BCUT2D eigenvalue weighted by Gasteiger charge is 2.37. The number of hydrogen-bond acceptors (Lipinski definition) is 3. The molecule has 3 rings (SSSR count). The fourth-order valence-electron chi connectivity index (χ4n) is 3.79. The molecule has 30 heavy (non-hydrogen) atoms. The van der Waals surface area contributed by atoms with Crippen molar-refractivity contribution < 1.29 is 13.5 Å². The van der Waals surface area contributed by atoms with Crippen molar-refractivity contribution in [3.05, 3.63) is 70.0 Å². The molecule has 1 unspecified atom stereocenters. The lowest BCUT2D eigenvalue weighted by molar-refractivity contribution is 0.410. The summed E-state index contributed by atoms with van der Waals surface area (Å²) >= 11 is 0. The van der Waals surface area contributed by atoms with E-state index in [9.17, 15) is 8.76 Å². The molecule has 0 aliphatic carbocycles. The topological polar surface area (TPSA) is 76.4 Å². The van der Waals surface area contributed by atoms with Crippen LogP contribution in [-0.4, -0.2) is 21.4 Å². The van der Waals surface area contributed by atoms with E-state index in [0.717, 1.165) is 23.2 Å². The third kappa shape index (κ3) is 4.27. The van der Waals surface area contributed by atoms with Crippen molar-refractivity contribution in [3.63, 3.8) is 0 Å². The summed E-state index contributed by atoms with van der Waals surface area (Å²) in [5.74, 6) is 0.713. The van der Waals surface area contributed by atoms with Gasteiger partial charge in [0.15, 0.2) is 0 Å². The van der Waals surface area contributed by atoms with Crippen molar-refractivity contribution in [2.75, 3.05) is 11.8 Å². The molecule has 1 heterocycles.